The summed E-state index contributed by atoms with van der Waals surface area (Å²) in [5.41, 5.74) is 0.101. The molecule has 80 valence electrons. The van der Waals surface area contributed by atoms with E-state index in [0.717, 1.165) is 0 Å². The first-order valence-electron chi connectivity index (χ1n) is 4.30. The van der Waals surface area contributed by atoms with Crippen molar-refractivity contribution in [2.24, 2.45) is 0 Å². The van der Waals surface area contributed by atoms with Crippen LogP contribution < -0.4 is 4.68 Å². The van der Waals surface area contributed by atoms with E-state index >= 15 is 0 Å². The molecular formula is C9H12N3O3+. The molecule has 0 saturated heterocycles. The molecular weight excluding hydrogens is 198 g/mol. The average molecular weight is 210 g/mol. The Morgan fingerprint density at radius 2 is 2.20 bits per heavy atom. The zero-order valence-corrected chi connectivity index (χ0v) is 8.54. The molecule has 0 fully saturated rings. The summed E-state index contributed by atoms with van der Waals surface area (Å²) in [7, 11) is 3.29. The van der Waals surface area contributed by atoms with Crippen molar-refractivity contribution >= 4 is 11.9 Å². The van der Waals surface area contributed by atoms with Gasteiger partial charge in [0.15, 0.2) is 6.20 Å². The van der Waals surface area contributed by atoms with Gasteiger partial charge in [0, 0.05) is 20.2 Å². The third-order valence-corrected chi connectivity index (χ3v) is 1.81. The lowest BCUT2D eigenvalue weighted by Gasteiger charge is -2.05. The van der Waals surface area contributed by atoms with Crippen LogP contribution in [0.1, 0.15) is 10.4 Å². The molecule has 6 heteroatoms. The number of carbonyl (C=O) groups excluding carboxylic acids is 1. The molecule has 1 N–H and O–H groups in total. The highest BCUT2D eigenvalue weighted by Crippen LogP contribution is 1.91. The Kier molecular flexibility index (Phi) is 3.33. The van der Waals surface area contributed by atoms with Gasteiger partial charge in [0.05, 0.1) is 5.56 Å². The zero-order valence-electron chi connectivity index (χ0n) is 8.54. The van der Waals surface area contributed by atoms with Crippen LogP contribution in [-0.2, 0) is 11.3 Å². The normalized spacial score (nSPS) is 9.73. The van der Waals surface area contributed by atoms with Gasteiger partial charge in [-0.3, -0.25) is 4.79 Å². The second-order valence-electron chi connectivity index (χ2n) is 3.21. The molecule has 1 amide bonds. The van der Waals surface area contributed by atoms with E-state index in [9.17, 15) is 9.59 Å². The van der Waals surface area contributed by atoms with E-state index in [-0.39, 0.29) is 18.0 Å². The molecule has 0 aliphatic heterocycles. The number of hydrogen-bond donors (Lipinski definition) is 1. The van der Waals surface area contributed by atoms with Gasteiger partial charge in [-0.1, -0.05) is 4.68 Å². The molecule has 0 bridgehead atoms. The van der Waals surface area contributed by atoms with E-state index in [1.54, 1.807) is 14.1 Å². The summed E-state index contributed by atoms with van der Waals surface area (Å²) in [6.07, 6.45) is 2.68. The molecule has 0 aromatic carbocycles. The number of amides is 1. The van der Waals surface area contributed by atoms with Crippen molar-refractivity contribution in [3.63, 3.8) is 0 Å². The Balaban J connectivity index is 2.73. The number of carboxylic acid groups (broad SMARTS) is 1. The first kappa shape index (κ1) is 11.1. The minimum Gasteiger partial charge on any atom is -0.478 e. The van der Waals surface area contributed by atoms with Gasteiger partial charge >= 0.3 is 5.97 Å². The zero-order chi connectivity index (χ0) is 11.4. The third-order valence-electron chi connectivity index (χ3n) is 1.81. The summed E-state index contributed by atoms with van der Waals surface area (Å²) in [4.78, 5) is 23.2. The van der Waals surface area contributed by atoms with E-state index in [1.807, 2.05) is 0 Å². The van der Waals surface area contributed by atoms with Gasteiger partial charge < -0.3 is 10.0 Å². The predicted molar refractivity (Wildman–Crippen MR) is 50.1 cm³/mol. The molecule has 1 heterocycles. The number of aromatic carboxylic acids is 1. The van der Waals surface area contributed by atoms with E-state index in [2.05, 4.69) is 5.10 Å². The minimum atomic E-state index is -1.03. The predicted octanol–water partition coefficient (Wildman–Crippen LogP) is -0.844. The maximum atomic E-state index is 11.3. The summed E-state index contributed by atoms with van der Waals surface area (Å²) in [6, 6.07) is 1.40. The van der Waals surface area contributed by atoms with Crippen molar-refractivity contribution in [1.82, 2.24) is 10.00 Å². The number of aromatic nitrogens is 2. The van der Waals surface area contributed by atoms with Crippen LogP contribution in [0.4, 0.5) is 0 Å². The topological polar surface area (TPSA) is 74.4 Å². The van der Waals surface area contributed by atoms with Gasteiger partial charge in [0.2, 0.25) is 0 Å². The number of nitrogens with zero attached hydrogens (tertiary/aromatic N) is 3. The number of likely N-dealkylation sites (N-methyl/N-ethyl adjacent to an activating group) is 1. The fourth-order valence-corrected chi connectivity index (χ4v) is 0.884. The van der Waals surface area contributed by atoms with Gasteiger partial charge in [-0.2, -0.15) is 0 Å². The largest absolute Gasteiger partial charge is 0.478 e. The molecule has 0 saturated carbocycles. The van der Waals surface area contributed by atoms with Crippen LogP contribution in [0.5, 0.6) is 0 Å². The van der Waals surface area contributed by atoms with Crippen molar-refractivity contribution in [1.29, 1.82) is 0 Å². The van der Waals surface area contributed by atoms with Crippen LogP contribution in [0.15, 0.2) is 18.5 Å². The quantitative estimate of drug-likeness (QED) is 0.660. The van der Waals surface area contributed by atoms with Gasteiger partial charge in [0.25, 0.3) is 12.5 Å². The van der Waals surface area contributed by atoms with Crippen LogP contribution >= 0.6 is 0 Å². The number of carbonyl (C=O) groups is 2. The molecule has 1 aromatic rings. The lowest BCUT2D eigenvalue weighted by Crippen LogP contribution is -2.45. The standard InChI is InChI=1S/C9H11N3O3/c1-11(2)8(13)6-12-4-3-7(5-10-12)9(14)15/h3-5H,6H2,1-2H3/p+1. The van der Waals surface area contributed by atoms with Crippen molar-refractivity contribution in [3.8, 4) is 0 Å². The molecule has 15 heavy (non-hydrogen) atoms. The van der Waals surface area contributed by atoms with Crippen molar-refractivity contribution in [2.75, 3.05) is 14.1 Å². The van der Waals surface area contributed by atoms with Crippen LogP contribution in [-0.4, -0.2) is 41.1 Å². The average Bonchev–Trinajstić information content (AvgIpc) is 2.18. The molecule has 1 aromatic heterocycles. The Hall–Kier alpha value is -1.98. The molecule has 0 radical (unpaired) electrons. The van der Waals surface area contributed by atoms with E-state index in [0.29, 0.717) is 0 Å². The second-order valence-corrected chi connectivity index (χ2v) is 3.21. The van der Waals surface area contributed by atoms with Crippen LogP contribution in [0.25, 0.3) is 0 Å². The fraction of sp³-hybridized carbons (Fsp3) is 0.333. The van der Waals surface area contributed by atoms with Gasteiger partial charge in [-0.25, -0.2) is 4.79 Å². The van der Waals surface area contributed by atoms with Crippen LogP contribution in [0.2, 0.25) is 0 Å². The molecule has 0 aliphatic rings. The van der Waals surface area contributed by atoms with Gasteiger partial charge in [-0.05, 0) is 5.10 Å². The van der Waals surface area contributed by atoms with Crippen molar-refractivity contribution in [3.05, 3.63) is 24.0 Å². The van der Waals surface area contributed by atoms with Gasteiger partial charge in [-0.15, -0.1) is 0 Å². The highest BCUT2D eigenvalue weighted by Gasteiger charge is 2.13. The Bertz CT molecular complexity index is 373. The molecule has 0 aliphatic carbocycles. The number of rotatable bonds is 3. The van der Waals surface area contributed by atoms with Crippen LogP contribution in [0, 0.1) is 0 Å². The third kappa shape index (κ3) is 3.01. The second kappa shape index (κ2) is 4.50. The molecule has 6 nitrogen and oxygen atoms in total. The van der Waals surface area contributed by atoms with E-state index < -0.39 is 5.97 Å². The van der Waals surface area contributed by atoms with Crippen molar-refractivity contribution < 1.29 is 19.4 Å². The number of carboxylic acids is 1. The molecule has 1 rings (SSSR count). The highest BCUT2D eigenvalue weighted by molar-refractivity contribution is 5.86. The molecule has 0 unspecified atom stereocenters. The number of hydrogen-bond acceptors (Lipinski definition) is 3. The van der Waals surface area contributed by atoms with E-state index in [4.69, 9.17) is 5.11 Å². The molecule has 0 atom stereocenters. The summed E-state index contributed by atoms with van der Waals surface area (Å²) in [6.45, 7) is 0.104. The lowest BCUT2D eigenvalue weighted by atomic mass is 10.3. The Labute approximate surface area is 86.8 Å². The van der Waals surface area contributed by atoms with Crippen LogP contribution in [0.3, 0.4) is 0 Å². The maximum Gasteiger partial charge on any atom is 0.337 e. The summed E-state index contributed by atoms with van der Waals surface area (Å²) in [5, 5.41) is 12.4. The summed E-state index contributed by atoms with van der Waals surface area (Å²) < 4.78 is 1.38. The lowest BCUT2D eigenvalue weighted by molar-refractivity contribution is -0.743. The summed E-state index contributed by atoms with van der Waals surface area (Å²) in [5.74, 6) is -1.14. The first-order valence-corrected chi connectivity index (χ1v) is 4.30. The molecule has 0 spiro atoms. The smallest absolute Gasteiger partial charge is 0.337 e. The van der Waals surface area contributed by atoms with E-state index in [1.165, 1.54) is 28.0 Å². The summed E-state index contributed by atoms with van der Waals surface area (Å²) >= 11 is 0. The SMILES string of the molecule is CN(C)C(=O)C[n+]1ccc(C(=O)O)cn1. The van der Waals surface area contributed by atoms with Crippen molar-refractivity contribution in [2.45, 2.75) is 6.54 Å². The maximum absolute atomic E-state index is 11.3. The van der Waals surface area contributed by atoms with Gasteiger partial charge in [0.1, 0.15) is 6.20 Å². The Morgan fingerprint density at radius 1 is 1.53 bits per heavy atom. The highest BCUT2D eigenvalue weighted by atomic mass is 16.4. The fourth-order valence-electron chi connectivity index (χ4n) is 0.884. The first-order chi connectivity index (χ1) is 7.00. The monoisotopic (exact) mass is 210 g/mol. The Morgan fingerprint density at radius 3 is 2.60 bits per heavy atom. The minimum absolute atomic E-state index is 0.101.